The Labute approximate surface area is 132 Å². The molecule has 4 nitrogen and oxygen atoms in total. The largest absolute Gasteiger partial charge is 0.378 e. The Bertz CT molecular complexity index is 603. The van der Waals surface area contributed by atoms with Gasteiger partial charge in [-0.15, -0.1) is 0 Å². The highest BCUT2D eigenvalue weighted by molar-refractivity contribution is 5.78. The quantitative estimate of drug-likeness (QED) is 0.891. The van der Waals surface area contributed by atoms with Crippen molar-refractivity contribution in [2.24, 2.45) is 0 Å². The maximum Gasteiger partial charge on any atom is 0.224 e. The van der Waals surface area contributed by atoms with Crippen molar-refractivity contribution in [2.45, 2.75) is 26.3 Å². The van der Waals surface area contributed by atoms with E-state index in [0.29, 0.717) is 13.0 Å². The van der Waals surface area contributed by atoms with E-state index in [4.69, 9.17) is 0 Å². The second-order valence-corrected chi connectivity index (χ2v) is 5.53. The number of hydrogen-bond donors (Lipinski definition) is 1. The van der Waals surface area contributed by atoms with E-state index >= 15 is 0 Å². The van der Waals surface area contributed by atoms with Crippen LogP contribution in [0.1, 0.15) is 23.7 Å². The van der Waals surface area contributed by atoms with E-state index in [1.807, 2.05) is 55.5 Å². The SMILES string of the molecule is CCc1ccc(CNC(=O)Cc2ccc(N(C)C)cc2)nc1. The van der Waals surface area contributed by atoms with E-state index in [0.717, 1.165) is 23.4 Å². The van der Waals surface area contributed by atoms with Crippen molar-refractivity contribution in [3.63, 3.8) is 0 Å². The molecule has 1 aromatic carbocycles. The van der Waals surface area contributed by atoms with Gasteiger partial charge in [-0.1, -0.05) is 25.1 Å². The molecule has 0 aliphatic heterocycles. The number of nitrogens with one attached hydrogen (secondary N) is 1. The Kier molecular flexibility index (Phi) is 5.53. The molecule has 116 valence electrons. The molecule has 2 rings (SSSR count). The summed E-state index contributed by atoms with van der Waals surface area (Å²) in [7, 11) is 4.00. The lowest BCUT2D eigenvalue weighted by molar-refractivity contribution is -0.120. The van der Waals surface area contributed by atoms with Gasteiger partial charge in [-0.05, 0) is 35.7 Å². The van der Waals surface area contributed by atoms with E-state index in [1.54, 1.807) is 0 Å². The number of carbonyl (C=O) groups is 1. The van der Waals surface area contributed by atoms with Crippen LogP contribution in [0.4, 0.5) is 5.69 Å². The zero-order chi connectivity index (χ0) is 15.9. The first-order chi connectivity index (χ1) is 10.6. The van der Waals surface area contributed by atoms with Gasteiger partial charge >= 0.3 is 0 Å². The number of anilines is 1. The molecule has 0 aliphatic rings. The van der Waals surface area contributed by atoms with E-state index in [9.17, 15) is 4.79 Å². The molecule has 1 heterocycles. The molecule has 0 unspecified atom stereocenters. The van der Waals surface area contributed by atoms with Crippen LogP contribution in [0.2, 0.25) is 0 Å². The molecular formula is C18H23N3O. The van der Waals surface area contributed by atoms with Crippen molar-refractivity contribution in [1.82, 2.24) is 10.3 Å². The highest BCUT2D eigenvalue weighted by Gasteiger charge is 2.04. The van der Waals surface area contributed by atoms with Crippen LogP contribution in [0.5, 0.6) is 0 Å². The zero-order valence-electron chi connectivity index (χ0n) is 13.5. The lowest BCUT2D eigenvalue weighted by Crippen LogP contribution is -2.25. The Morgan fingerprint density at radius 2 is 1.77 bits per heavy atom. The summed E-state index contributed by atoms with van der Waals surface area (Å²) < 4.78 is 0. The van der Waals surface area contributed by atoms with Crippen molar-refractivity contribution in [3.05, 3.63) is 59.4 Å². The zero-order valence-corrected chi connectivity index (χ0v) is 13.5. The highest BCUT2D eigenvalue weighted by atomic mass is 16.1. The maximum absolute atomic E-state index is 12.0. The predicted octanol–water partition coefficient (Wildman–Crippen LogP) is 2.57. The summed E-state index contributed by atoms with van der Waals surface area (Å²) in [6.07, 6.45) is 3.23. The predicted molar refractivity (Wildman–Crippen MR) is 89.9 cm³/mol. The molecule has 1 amide bonds. The van der Waals surface area contributed by atoms with Crippen LogP contribution in [0.3, 0.4) is 0 Å². The number of rotatable bonds is 6. The molecular weight excluding hydrogens is 274 g/mol. The molecule has 0 atom stereocenters. The molecule has 2 aromatic rings. The summed E-state index contributed by atoms with van der Waals surface area (Å²) in [5.41, 5.74) is 4.23. The van der Waals surface area contributed by atoms with Crippen LogP contribution in [0, 0.1) is 0 Å². The average Bonchev–Trinajstić information content (AvgIpc) is 2.54. The highest BCUT2D eigenvalue weighted by Crippen LogP contribution is 2.12. The fourth-order valence-electron chi connectivity index (χ4n) is 2.12. The van der Waals surface area contributed by atoms with Crippen molar-refractivity contribution in [1.29, 1.82) is 0 Å². The van der Waals surface area contributed by atoms with E-state index in [1.165, 1.54) is 5.56 Å². The number of hydrogen-bond acceptors (Lipinski definition) is 3. The van der Waals surface area contributed by atoms with Crippen LogP contribution >= 0.6 is 0 Å². The number of aromatic nitrogens is 1. The van der Waals surface area contributed by atoms with Gasteiger partial charge < -0.3 is 10.2 Å². The van der Waals surface area contributed by atoms with Crippen LogP contribution in [0.25, 0.3) is 0 Å². The van der Waals surface area contributed by atoms with Gasteiger partial charge in [0.15, 0.2) is 0 Å². The number of amides is 1. The topological polar surface area (TPSA) is 45.2 Å². The molecule has 0 bridgehead atoms. The summed E-state index contributed by atoms with van der Waals surface area (Å²) >= 11 is 0. The van der Waals surface area contributed by atoms with Crippen molar-refractivity contribution in [3.8, 4) is 0 Å². The molecule has 0 saturated carbocycles. The molecule has 1 aromatic heterocycles. The molecule has 0 spiro atoms. The van der Waals surface area contributed by atoms with Crippen molar-refractivity contribution in [2.75, 3.05) is 19.0 Å². The Balaban J connectivity index is 1.84. The van der Waals surface area contributed by atoms with Gasteiger partial charge in [-0.2, -0.15) is 0 Å². The minimum Gasteiger partial charge on any atom is -0.378 e. The molecule has 0 radical (unpaired) electrons. The van der Waals surface area contributed by atoms with Crippen LogP contribution < -0.4 is 10.2 Å². The minimum absolute atomic E-state index is 0.0129. The van der Waals surface area contributed by atoms with Gasteiger partial charge in [0.25, 0.3) is 0 Å². The third kappa shape index (κ3) is 4.58. The number of nitrogens with zero attached hydrogens (tertiary/aromatic N) is 2. The van der Waals surface area contributed by atoms with E-state index in [-0.39, 0.29) is 5.91 Å². The number of pyridine rings is 1. The summed E-state index contributed by atoms with van der Waals surface area (Å²) in [5, 5.41) is 2.91. The first-order valence-corrected chi connectivity index (χ1v) is 7.55. The maximum atomic E-state index is 12.0. The molecule has 0 aliphatic carbocycles. The molecule has 1 N–H and O–H groups in total. The summed E-state index contributed by atoms with van der Waals surface area (Å²) in [6.45, 7) is 2.57. The lowest BCUT2D eigenvalue weighted by atomic mass is 10.1. The fourth-order valence-corrected chi connectivity index (χ4v) is 2.12. The van der Waals surface area contributed by atoms with Gasteiger partial charge in [0.05, 0.1) is 18.7 Å². The fraction of sp³-hybridized carbons (Fsp3) is 0.333. The first kappa shape index (κ1) is 16.0. The van der Waals surface area contributed by atoms with Crippen molar-refractivity contribution < 1.29 is 4.79 Å². The number of aryl methyl sites for hydroxylation is 1. The average molecular weight is 297 g/mol. The first-order valence-electron chi connectivity index (χ1n) is 7.55. The summed E-state index contributed by atoms with van der Waals surface area (Å²) in [4.78, 5) is 18.4. The summed E-state index contributed by atoms with van der Waals surface area (Å²) in [5.74, 6) is 0.0129. The normalized spacial score (nSPS) is 10.3. The molecule has 0 fully saturated rings. The van der Waals surface area contributed by atoms with Crippen LogP contribution in [0.15, 0.2) is 42.6 Å². The molecule has 22 heavy (non-hydrogen) atoms. The van der Waals surface area contributed by atoms with Gasteiger partial charge in [0.1, 0.15) is 0 Å². The number of benzene rings is 1. The van der Waals surface area contributed by atoms with E-state index < -0.39 is 0 Å². The van der Waals surface area contributed by atoms with Gasteiger partial charge in [-0.3, -0.25) is 9.78 Å². The Morgan fingerprint density at radius 3 is 2.32 bits per heavy atom. The standard InChI is InChI=1S/C18H23N3O/c1-4-14-5-8-16(19-12-14)13-20-18(22)11-15-6-9-17(10-7-15)21(2)3/h5-10,12H,4,11,13H2,1-3H3,(H,20,22). The van der Waals surface area contributed by atoms with Crippen molar-refractivity contribution >= 4 is 11.6 Å². The molecule has 4 heteroatoms. The van der Waals surface area contributed by atoms with E-state index in [2.05, 4.69) is 23.3 Å². The third-order valence-corrected chi connectivity index (χ3v) is 3.58. The summed E-state index contributed by atoms with van der Waals surface area (Å²) in [6, 6.07) is 12.0. The smallest absolute Gasteiger partial charge is 0.224 e. The van der Waals surface area contributed by atoms with Crippen LogP contribution in [-0.2, 0) is 24.2 Å². The van der Waals surface area contributed by atoms with Gasteiger partial charge in [0.2, 0.25) is 5.91 Å². The Hall–Kier alpha value is -2.36. The number of carbonyl (C=O) groups excluding carboxylic acids is 1. The second kappa shape index (κ2) is 7.59. The minimum atomic E-state index is 0.0129. The Morgan fingerprint density at radius 1 is 1.09 bits per heavy atom. The van der Waals surface area contributed by atoms with Crippen LogP contribution in [-0.4, -0.2) is 25.0 Å². The lowest BCUT2D eigenvalue weighted by Gasteiger charge is -2.12. The van der Waals surface area contributed by atoms with Gasteiger partial charge in [-0.25, -0.2) is 0 Å². The second-order valence-electron chi connectivity index (χ2n) is 5.53. The molecule has 0 saturated heterocycles. The monoisotopic (exact) mass is 297 g/mol. The van der Waals surface area contributed by atoms with Gasteiger partial charge in [0, 0.05) is 26.0 Å². The third-order valence-electron chi connectivity index (χ3n) is 3.58.